The summed E-state index contributed by atoms with van der Waals surface area (Å²) in [6.07, 6.45) is 0.987. The second-order valence-corrected chi connectivity index (χ2v) is 5.15. The van der Waals surface area contributed by atoms with Gasteiger partial charge in [-0.25, -0.2) is 0 Å². The summed E-state index contributed by atoms with van der Waals surface area (Å²) in [5.74, 6) is 0.354. The molecule has 2 aromatic rings. The van der Waals surface area contributed by atoms with Crippen LogP contribution in [0.3, 0.4) is 0 Å². The summed E-state index contributed by atoms with van der Waals surface area (Å²) in [7, 11) is 0. The van der Waals surface area contributed by atoms with Gasteiger partial charge in [0.25, 0.3) is 5.91 Å². The van der Waals surface area contributed by atoms with E-state index in [-0.39, 0.29) is 11.6 Å². The number of hydrogen-bond donors (Lipinski definition) is 2. The van der Waals surface area contributed by atoms with E-state index >= 15 is 0 Å². The minimum Gasteiger partial charge on any atom is -0.366 e. The normalized spacial score (nSPS) is 11.8. The minimum atomic E-state index is -0.306. The fourth-order valence-electron chi connectivity index (χ4n) is 1.61. The van der Waals surface area contributed by atoms with Crippen LogP contribution in [-0.4, -0.2) is 22.1 Å². The molecule has 6 heteroatoms. The molecule has 0 aliphatic rings. The van der Waals surface area contributed by atoms with Crippen LogP contribution in [0.4, 0.5) is 11.5 Å². The van der Waals surface area contributed by atoms with Crippen molar-refractivity contribution in [3.05, 3.63) is 47.1 Å². The molecular formula is C15H17ClN4O. The minimum absolute atomic E-state index is 0.264. The van der Waals surface area contributed by atoms with Crippen molar-refractivity contribution in [2.24, 2.45) is 0 Å². The Labute approximate surface area is 128 Å². The fraction of sp³-hybridized carbons (Fsp3) is 0.267. The maximum absolute atomic E-state index is 12.0. The van der Waals surface area contributed by atoms with Gasteiger partial charge in [0.2, 0.25) is 0 Å². The lowest BCUT2D eigenvalue weighted by Crippen LogP contribution is -2.17. The molecule has 1 unspecified atom stereocenters. The van der Waals surface area contributed by atoms with Crippen molar-refractivity contribution in [3.8, 4) is 0 Å². The molecule has 1 aromatic carbocycles. The quantitative estimate of drug-likeness (QED) is 0.886. The van der Waals surface area contributed by atoms with E-state index in [4.69, 9.17) is 11.6 Å². The van der Waals surface area contributed by atoms with Crippen molar-refractivity contribution in [2.75, 3.05) is 10.6 Å². The zero-order valence-corrected chi connectivity index (χ0v) is 12.7. The Morgan fingerprint density at radius 1 is 1.19 bits per heavy atom. The largest absolute Gasteiger partial charge is 0.366 e. The maximum Gasteiger partial charge on any atom is 0.276 e. The highest BCUT2D eigenvalue weighted by Gasteiger charge is 2.09. The van der Waals surface area contributed by atoms with E-state index in [1.807, 2.05) is 0 Å². The van der Waals surface area contributed by atoms with Gasteiger partial charge in [-0.3, -0.25) is 4.79 Å². The van der Waals surface area contributed by atoms with E-state index in [2.05, 4.69) is 34.7 Å². The van der Waals surface area contributed by atoms with Gasteiger partial charge in [-0.05, 0) is 49.7 Å². The van der Waals surface area contributed by atoms with Crippen LogP contribution in [0, 0.1) is 0 Å². The summed E-state index contributed by atoms with van der Waals surface area (Å²) < 4.78 is 0. The summed E-state index contributed by atoms with van der Waals surface area (Å²) in [6, 6.07) is 10.6. The molecule has 5 nitrogen and oxygen atoms in total. The third kappa shape index (κ3) is 4.43. The van der Waals surface area contributed by atoms with Gasteiger partial charge in [0, 0.05) is 16.8 Å². The summed E-state index contributed by atoms with van der Waals surface area (Å²) in [5, 5.41) is 14.5. The lowest BCUT2D eigenvalue weighted by atomic mass is 10.2. The second-order valence-electron chi connectivity index (χ2n) is 4.72. The fourth-order valence-corrected chi connectivity index (χ4v) is 1.74. The molecule has 1 amide bonds. The van der Waals surface area contributed by atoms with E-state index in [0.29, 0.717) is 22.6 Å². The summed E-state index contributed by atoms with van der Waals surface area (Å²) in [4.78, 5) is 12.0. The van der Waals surface area contributed by atoms with E-state index in [1.165, 1.54) is 0 Å². The van der Waals surface area contributed by atoms with E-state index in [9.17, 15) is 4.79 Å². The lowest BCUT2D eigenvalue weighted by Gasteiger charge is -2.11. The van der Waals surface area contributed by atoms with Crippen LogP contribution in [0.5, 0.6) is 0 Å². The molecular weight excluding hydrogens is 288 g/mol. The number of benzene rings is 1. The highest BCUT2D eigenvalue weighted by atomic mass is 35.5. The molecule has 0 bridgehead atoms. The van der Waals surface area contributed by atoms with E-state index in [0.717, 1.165) is 6.42 Å². The topological polar surface area (TPSA) is 66.9 Å². The molecule has 110 valence electrons. The molecule has 1 heterocycles. The average molecular weight is 305 g/mol. The van der Waals surface area contributed by atoms with Gasteiger partial charge >= 0.3 is 0 Å². The molecule has 1 aromatic heterocycles. The Bertz CT molecular complexity index is 598. The first kappa shape index (κ1) is 15.3. The highest BCUT2D eigenvalue weighted by molar-refractivity contribution is 6.30. The van der Waals surface area contributed by atoms with Gasteiger partial charge in [-0.1, -0.05) is 18.5 Å². The van der Waals surface area contributed by atoms with Gasteiger partial charge in [0.15, 0.2) is 5.69 Å². The van der Waals surface area contributed by atoms with Crippen molar-refractivity contribution in [2.45, 2.75) is 26.3 Å². The van der Waals surface area contributed by atoms with Crippen LogP contribution >= 0.6 is 11.6 Å². The third-order valence-corrected chi connectivity index (χ3v) is 3.26. The number of carbonyl (C=O) groups is 1. The zero-order chi connectivity index (χ0) is 15.2. The first-order valence-electron chi connectivity index (χ1n) is 6.75. The molecule has 0 fully saturated rings. The number of anilines is 2. The van der Waals surface area contributed by atoms with E-state index < -0.39 is 0 Å². The van der Waals surface area contributed by atoms with Crippen molar-refractivity contribution in [1.29, 1.82) is 0 Å². The average Bonchev–Trinajstić information content (AvgIpc) is 2.50. The molecule has 1 atom stereocenters. The first-order valence-corrected chi connectivity index (χ1v) is 7.13. The number of rotatable bonds is 5. The van der Waals surface area contributed by atoms with Crippen LogP contribution < -0.4 is 10.6 Å². The molecule has 0 saturated carbocycles. The number of halogens is 1. The number of aromatic nitrogens is 2. The number of nitrogens with zero attached hydrogens (tertiary/aromatic N) is 2. The molecule has 0 aliphatic heterocycles. The van der Waals surface area contributed by atoms with Crippen molar-refractivity contribution in [1.82, 2.24) is 10.2 Å². The highest BCUT2D eigenvalue weighted by Crippen LogP contribution is 2.14. The van der Waals surface area contributed by atoms with Crippen LogP contribution in [0.15, 0.2) is 36.4 Å². The molecule has 2 rings (SSSR count). The number of hydrogen-bond acceptors (Lipinski definition) is 4. The monoisotopic (exact) mass is 304 g/mol. The van der Waals surface area contributed by atoms with Crippen LogP contribution in [0.1, 0.15) is 30.8 Å². The predicted octanol–water partition coefficient (Wildman–Crippen LogP) is 3.59. The number of amides is 1. The van der Waals surface area contributed by atoms with E-state index in [1.54, 1.807) is 36.4 Å². The van der Waals surface area contributed by atoms with Crippen LogP contribution in [-0.2, 0) is 0 Å². The van der Waals surface area contributed by atoms with Crippen molar-refractivity contribution in [3.63, 3.8) is 0 Å². The van der Waals surface area contributed by atoms with Crippen LogP contribution in [0.2, 0.25) is 5.02 Å². The summed E-state index contributed by atoms with van der Waals surface area (Å²) in [6.45, 7) is 4.14. The Balaban J connectivity index is 2.01. The van der Waals surface area contributed by atoms with Gasteiger partial charge in [0.1, 0.15) is 5.82 Å². The molecule has 0 saturated heterocycles. The van der Waals surface area contributed by atoms with Crippen LogP contribution in [0.25, 0.3) is 0 Å². The zero-order valence-electron chi connectivity index (χ0n) is 11.9. The standard InChI is InChI=1S/C15H17ClN4O/c1-3-10(2)17-14-9-8-13(19-20-14)15(21)18-12-6-4-11(16)5-7-12/h4-10H,3H2,1-2H3,(H,17,20)(H,18,21). The Morgan fingerprint density at radius 3 is 2.48 bits per heavy atom. The Kier molecular flexibility index (Phi) is 5.11. The lowest BCUT2D eigenvalue weighted by molar-refractivity contribution is 0.102. The second kappa shape index (κ2) is 7.04. The number of carbonyl (C=O) groups excluding carboxylic acids is 1. The smallest absolute Gasteiger partial charge is 0.276 e. The summed E-state index contributed by atoms with van der Waals surface area (Å²) in [5.41, 5.74) is 0.924. The van der Waals surface area contributed by atoms with Gasteiger partial charge in [0.05, 0.1) is 0 Å². The molecule has 2 N–H and O–H groups in total. The molecule has 0 aliphatic carbocycles. The summed E-state index contributed by atoms with van der Waals surface area (Å²) >= 11 is 5.79. The SMILES string of the molecule is CCC(C)Nc1ccc(C(=O)Nc2ccc(Cl)cc2)nn1. The molecule has 0 spiro atoms. The Morgan fingerprint density at radius 2 is 1.90 bits per heavy atom. The Hall–Kier alpha value is -2.14. The van der Waals surface area contributed by atoms with Crippen molar-refractivity contribution >= 4 is 29.0 Å². The van der Waals surface area contributed by atoms with Gasteiger partial charge < -0.3 is 10.6 Å². The third-order valence-electron chi connectivity index (χ3n) is 3.01. The molecule has 21 heavy (non-hydrogen) atoms. The molecule has 0 radical (unpaired) electrons. The number of nitrogens with one attached hydrogen (secondary N) is 2. The predicted molar refractivity (Wildman–Crippen MR) is 84.8 cm³/mol. The maximum atomic E-state index is 12.0. The first-order chi connectivity index (χ1) is 10.1. The van der Waals surface area contributed by atoms with Crippen molar-refractivity contribution < 1.29 is 4.79 Å². The van der Waals surface area contributed by atoms with Gasteiger partial charge in [-0.2, -0.15) is 0 Å². The van der Waals surface area contributed by atoms with Gasteiger partial charge in [-0.15, -0.1) is 10.2 Å².